The SMILES string of the molecule is CCCC(C)Nc1ncc2c(C3CCN(C(=O)C4CCNC4)CC3)cn(C3CCC(O)CC3)c2n1. The smallest absolute Gasteiger partial charge is 0.227 e. The van der Waals surface area contributed by atoms with Crippen LogP contribution in [-0.2, 0) is 4.79 Å². The van der Waals surface area contributed by atoms with E-state index in [2.05, 4.69) is 40.1 Å². The van der Waals surface area contributed by atoms with Gasteiger partial charge in [0.25, 0.3) is 0 Å². The first kappa shape index (κ1) is 24.5. The third kappa shape index (κ3) is 5.33. The van der Waals surface area contributed by atoms with E-state index in [1.807, 2.05) is 6.20 Å². The lowest BCUT2D eigenvalue weighted by Crippen LogP contribution is -2.41. The zero-order chi connectivity index (χ0) is 24.4. The first-order chi connectivity index (χ1) is 17.0. The molecule has 1 saturated carbocycles. The summed E-state index contributed by atoms with van der Waals surface area (Å²) >= 11 is 0. The number of rotatable bonds is 7. The van der Waals surface area contributed by atoms with Crippen molar-refractivity contribution in [1.29, 1.82) is 0 Å². The molecule has 8 heteroatoms. The summed E-state index contributed by atoms with van der Waals surface area (Å²) in [5.74, 6) is 1.60. The van der Waals surface area contributed by atoms with Gasteiger partial charge < -0.3 is 25.2 Å². The van der Waals surface area contributed by atoms with Gasteiger partial charge in [-0.2, -0.15) is 4.98 Å². The van der Waals surface area contributed by atoms with Gasteiger partial charge in [-0.05, 0) is 76.3 Å². The number of anilines is 1. The quantitative estimate of drug-likeness (QED) is 0.555. The second kappa shape index (κ2) is 10.8. The van der Waals surface area contributed by atoms with Gasteiger partial charge in [0.2, 0.25) is 11.9 Å². The average Bonchev–Trinajstić information content (AvgIpc) is 3.53. The van der Waals surface area contributed by atoms with Gasteiger partial charge in [0.05, 0.1) is 12.0 Å². The van der Waals surface area contributed by atoms with Crippen LogP contribution in [0.2, 0.25) is 0 Å². The Kier molecular flexibility index (Phi) is 7.58. The van der Waals surface area contributed by atoms with E-state index >= 15 is 0 Å². The van der Waals surface area contributed by atoms with Crippen LogP contribution in [0.1, 0.15) is 89.2 Å². The largest absolute Gasteiger partial charge is 0.393 e. The predicted molar refractivity (Wildman–Crippen MR) is 139 cm³/mol. The lowest BCUT2D eigenvalue weighted by atomic mass is 9.89. The molecular formula is C27H42N6O2. The lowest BCUT2D eigenvalue weighted by molar-refractivity contribution is -0.136. The molecule has 3 N–H and O–H groups in total. The molecule has 5 rings (SSSR count). The first-order valence-corrected chi connectivity index (χ1v) is 13.8. The van der Waals surface area contributed by atoms with Gasteiger partial charge in [-0.3, -0.25) is 4.79 Å². The minimum atomic E-state index is -0.175. The van der Waals surface area contributed by atoms with Crippen LogP contribution in [0, 0.1) is 5.92 Å². The van der Waals surface area contributed by atoms with Crippen molar-refractivity contribution >= 4 is 22.9 Å². The summed E-state index contributed by atoms with van der Waals surface area (Å²) in [7, 11) is 0. The van der Waals surface area contributed by atoms with E-state index in [-0.39, 0.29) is 12.0 Å². The molecule has 0 radical (unpaired) electrons. The molecule has 2 aromatic rings. The minimum absolute atomic E-state index is 0.157. The van der Waals surface area contributed by atoms with Crippen LogP contribution < -0.4 is 10.6 Å². The Balaban J connectivity index is 1.38. The topological polar surface area (TPSA) is 95.3 Å². The van der Waals surface area contributed by atoms with E-state index in [9.17, 15) is 9.90 Å². The Morgan fingerprint density at radius 3 is 2.66 bits per heavy atom. The van der Waals surface area contributed by atoms with Crippen LogP contribution in [0.5, 0.6) is 0 Å². The second-order valence-electron chi connectivity index (χ2n) is 11.0. The number of carbonyl (C=O) groups is 1. The van der Waals surface area contributed by atoms with Crippen LogP contribution in [0.15, 0.2) is 12.4 Å². The number of aliphatic hydroxyl groups is 1. The van der Waals surface area contributed by atoms with Gasteiger partial charge >= 0.3 is 0 Å². The highest BCUT2D eigenvalue weighted by Gasteiger charge is 2.32. The number of aliphatic hydroxyl groups excluding tert-OH is 1. The Morgan fingerprint density at radius 2 is 1.97 bits per heavy atom. The molecular weight excluding hydrogens is 440 g/mol. The molecule has 0 aromatic carbocycles. The highest BCUT2D eigenvalue weighted by molar-refractivity contribution is 5.82. The molecule has 3 aliphatic rings. The van der Waals surface area contributed by atoms with Crippen molar-refractivity contribution in [3.8, 4) is 0 Å². The summed E-state index contributed by atoms with van der Waals surface area (Å²) < 4.78 is 2.37. The maximum Gasteiger partial charge on any atom is 0.227 e. The van der Waals surface area contributed by atoms with Gasteiger partial charge in [0.1, 0.15) is 5.65 Å². The zero-order valence-corrected chi connectivity index (χ0v) is 21.4. The number of aromatic nitrogens is 3. The molecule has 2 atom stereocenters. The number of piperidine rings is 1. The summed E-state index contributed by atoms with van der Waals surface area (Å²) in [6, 6.07) is 0.698. The highest BCUT2D eigenvalue weighted by Crippen LogP contribution is 2.38. The maximum atomic E-state index is 12.9. The molecule has 2 unspecified atom stereocenters. The Hall–Kier alpha value is -2.19. The van der Waals surface area contributed by atoms with Crippen molar-refractivity contribution in [2.75, 3.05) is 31.5 Å². The van der Waals surface area contributed by atoms with Gasteiger partial charge in [0.15, 0.2) is 0 Å². The Morgan fingerprint density at radius 1 is 1.20 bits per heavy atom. The number of nitrogens with zero attached hydrogens (tertiary/aromatic N) is 4. The molecule has 1 aliphatic carbocycles. The molecule has 2 aliphatic heterocycles. The molecule has 3 fully saturated rings. The van der Waals surface area contributed by atoms with Gasteiger partial charge in [0, 0.05) is 49.5 Å². The van der Waals surface area contributed by atoms with Crippen molar-refractivity contribution in [2.24, 2.45) is 5.92 Å². The summed E-state index contributed by atoms with van der Waals surface area (Å²) in [5.41, 5.74) is 2.34. The maximum absolute atomic E-state index is 12.9. The molecule has 4 heterocycles. The number of likely N-dealkylation sites (tertiary alicyclic amines) is 1. The van der Waals surface area contributed by atoms with Gasteiger partial charge in [-0.15, -0.1) is 0 Å². The van der Waals surface area contributed by atoms with E-state index in [1.165, 1.54) is 5.56 Å². The van der Waals surface area contributed by atoms with E-state index in [0.717, 1.165) is 95.0 Å². The zero-order valence-electron chi connectivity index (χ0n) is 21.4. The van der Waals surface area contributed by atoms with Crippen LogP contribution in [0.25, 0.3) is 11.0 Å². The fraction of sp³-hybridized carbons (Fsp3) is 0.741. The number of carbonyl (C=O) groups excluding carboxylic acids is 1. The number of nitrogens with one attached hydrogen (secondary N) is 2. The highest BCUT2D eigenvalue weighted by atomic mass is 16.3. The van der Waals surface area contributed by atoms with Crippen LogP contribution in [0.3, 0.4) is 0 Å². The summed E-state index contributed by atoms with van der Waals surface area (Å²) in [6.07, 6.45) is 13.0. The lowest BCUT2D eigenvalue weighted by Gasteiger charge is -2.33. The molecule has 2 aromatic heterocycles. The fourth-order valence-corrected chi connectivity index (χ4v) is 6.32. The number of hydrogen-bond donors (Lipinski definition) is 3. The van der Waals surface area contributed by atoms with Crippen molar-refractivity contribution in [3.05, 3.63) is 18.0 Å². The molecule has 8 nitrogen and oxygen atoms in total. The summed E-state index contributed by atoms with van der Waals surface area (Å²) in [5, 5.41) is 18.0. The van der Waals surface area contributed by atoms with Crippen LogP contribution in [0.4, 0.5) is 5.95 Å². The van der Waals surface area contributed by atoms with Crippen molar-refractivity contribution in [1.82, 2.24) is 24.8 Å². The Bertz CT molecular complexity index is 1000. The van der Waals surface area contributed by atoms with Crippen LogP contribution in [-0.4, -0.2) is 68.8 Å². The van der Waals surface area contributed by atoms with Crippen molar-refractivity contribution in [3.63, 3.8) is 0 Å². The molecule has 35 heavy (non-hydrogen) atoms. The molecule has 2 saturated heterocycles. The molecule has 0 bridgehead atoms. The number of amides is 1. The second-order valence-corrected chi connectivity index (χ2v) is 11.0. The molecule has 192 valence electrons. The van der Waals surface area contributed by atoms with Gasteiger partial charge in [-0.25, -0.2) is 4.98 Å². The average molecular weight is 483 g/mol. The molecule has 1 amide bonds. The summed E-state index contributed by atoms with van der Waals surface area (Å²) in [6.45, 7) is 7.82. The normalized spacial score (nSPS) is 26.8. The number of hydrogen-bond acceptors (Lipinski definition) is 6. The monoisotopic (exact) mass is 482 g/mol. The van der Waals surface area contributed by atoms with E-state index in [0.29, 0.717) is 29.9 Å². The van der Waals surface area contributed by atoms with E-state index < -0.39 is 0 Å². The fourth-order valence-electron chi connectivity index (χ4n) is 6.32. The van der Waals surface area contributed by atoms with E-state index in [1.54, 1.807) is 0 Å². The first-order valence-electron chi connectivity index (χ1n) is 13.8. The predicted octanol–water partition coefficient (Wildman–Crippen LogP) is 3.82. The van der Waals surface area contributed by atoms with Crippen molar-refractivity contribution in [2.45, 2.75) is 95.7 Å². The van der Waals surface area contributed by atoms with E-state index in [4.69, 9.17) is 9.97 Å². The molecule has 0 spiro atoms. The minimum Gasteiger partial charge on any atom is -0.393 e. The third-order valence-corrected chi connectivity index (χ3v) is 8.42. The van der Waals surface area contributed by atoms with Gasteiger partial charge in [-0.1, -0.05) is 13.3 Å². The Labute approximate surface area is 208 Å². The third-order valence-electron chi connectivity index (χ3n) is 8.42. The van der Waals surface area contributed by atoms with Crippen LogP contribution >= 0.6 is 0 Å². The number of fused-ring (bicyclic) bond motifs is 1. The standard InChI is InChI=1S/C27H42N6O2/c1-3-4-18(2)30-27-29-16-23-24(17-33(25(23)31-27)21-5-7-22(34)8-6-21)19-10-13-32(14-11-19)26(35)20-9-12-28-15-20/h16-22,28,34H,3-15H2,1-2H3,(H,29,30,31). The van der Waals surface area contributed by atoms with Crippen molar-refractivity contribution < 1.29 is 9.90 Å². The summed E-state index contributed by atoms with van der Waals surface area (Å²) in [4.78, 5) is 24.7.